The van der Waals surface area contributed by atoms with Gasteiger partial charge in [-0.3, -0.25) is 0 Å². The molecule has 2 bridgehead atoms. The molecule has 1 heterocycles. The number of nitrogens with zero attached hydrogens (tertiary/aromatic N) is 1. The van der Waals surface area contributed by atoms with E-state index in [0.29, 0.717) is 5.92 Å². The lowest BCUT2D eigenvalue weighted by atomic mass is 9.71. The summed E-state index contributed by atoms with van der Waals surface area (Å²) in [4.78, 5) is 2.70. The predicted octanol–water partition coefficient (Wildman–Crippen LogP) is 3.05. The third-order valence-corrected chi connectivity index (χ3v) is 6.89. The van der Waals surface area contributed by atoms with Crippen molar-refractivity contribution in [3.63, 3.8) is 0 Å². The molecule has 1 aliphatic heterocycles. The first kappa shape index (κ1) is 12.6. The Bertz CT molecular complexity index is 342. The van der Waals surface area contributed by atoms with E-state index in [1.54, 1.807) is 0 Å². The Labute approximate surface area is 117 Å². The normalized spacial score (nSPS) is 50.4. The first-order valence-electron chi connectivity index (χ1n) is 8.68. The topological polar surface area (TPSA) is 23.5 Å². The summed E-state index contributed by atoms with van der Waals surface area (Å²) in [6.07, 6.45) is 12.0. The molecule has 1 N–H and O–H groups in total. The van der Waals surface area contributed by atoms with Crippen LogP contribution in [0.1, 0.15) is 57.8 Å². The van der Waals surface area contributed by atoms with Crippen LogP contribution in [0.15, 0.2) is 0 Å². The van der Waals surface area contributed by atoms with Crippen LogP contribution in [0.5, 0.6) is 0 Å². The lowest BCUT2D eigenvalue weighted by Gasteiger charge is -2.48. The summed E-state index contributed by atoms with van der Waals surface area (Å²) >= 11 is 0. The van der Waals surface area contributed by atoms with E-state index in [1.807, 2.05) is 0 Å². The van der Waals surface area contributed by atoms with Gasteiger partial charge >= 0.3 is 0 Å². The molecule has 0 aromatic carbocycles. The zero-order chi connectivity index (χ0) is 12.9. The molecule has 0 aromatic rings. The molecular formula is C17H29NO. The second-order valence-electron chi connectivity index (χ2n) is 7.99. The highest BCUT2D eigenvalue weighted by Crippen LogP contribution is 2.49. The number of hydrogen-bond acceptors (Lipinski definition) is 2. The summed E-state index contributed by atoms with van der Waals surface area (Å²) in [5, 5.41) is 10.7. The minimum atomic E-state index is -0.288. The summed E-state index contributed by atoms with van der Waals surface area (Å²) in [7, 11) is 0. The summed E-state index contributed by atoms with van der Waals surface area (Å²) in [6.45, 7) is 3.68. The van der Waals surface area contributed by atoms with Gasteiger partial charge in [0.05, 0.1) is 5.60 Å². The minimum absolute atomic E-state index is 0.288. The molecule has 2 heteroatoms. The lowest BCUT2D eigenvalue weighted by molar-refractivity contribution is -0.0980. The Balaban J connectivity index is 1.36. The molecule has 19 heavy (non-hydrogen) atoms. The molecule has 1 saturated heterocycles. The van der Waals surface area contributed by atoms with Crippen LogP contribution in [0.2, 0.25) is 0 Å². The summed E-state index contributed by atoms with van der Waals surface area (Å²) in [6, 6.07) is 0. The zero-order valence-electron chi connectivity index (χ0n) is 12.2. The standard InChI is InChI=1S/C17H29NO/c19-17-6-2-1-3-16(17)12-18(8-7-17)11-15-10-13-4-5-14(15)9-13/h13-16,19H,1-12H2. The van der Waals surface area contributed by atoms with E-state index in [9.17, 15) is 5.11 Å². The average Bonchev–Trinajstić information content (AvgIpc) is 3.01. The molecule has 108 valence electrons. The van der Waals surface area contributed by atoms with Gasteiger partial charge in [0.15, 0.2) is 0 Å². The number of aliphatic hydroxyl groups is 1. The van der Waals surface area contributed by atoms with Crippen molar-refractivity contribution in [1.29, 1.82) is 0 Å². The van der Waals surface area contributed by atoms with Gasteiger partial charge in [-0.05, 0) is 56.3 Å². The average molecular weight is 263 g/mol. The van der Waals surface area contributed by atoms with E-state index >= 15 is 0 Å². The summed E-state index contributed by atoms with van der Waals surface area (Å²) in [5.74, 6) is 3.70. The predicted molar refractivity (Wildman–Crippen MR) is 76.9 cm³/mol. The van der Waals surface area contributed by atoms with Crippen molar-refractivity contribution in [2.24, 2.45) is 23.7 Å². The molecule has 4 fully saturated rings. The second-order valence-corrected chi connectivity index (χ2v) is 7.99. The van der Waals surface area contributed by atoms with Crippen LogP contribution in [-0.2, 0) is 0 Å². The molecule has 4 aliphatic rings. The minimum Gasteiger partial charge on any atom is -0.390 e. The molecule has 3 saturated carbocycles. The van der Waals surface area contributed by atoms with E-state index in [1.165, 1.54) is 58.0 Å². The Morgan fingerprint density at radius 3 is 2.79 bits per heavy atom. The van der Waals surface area contributed by atoms with Crippen molar-refractivity contribution in [1.82, 2.24) is 4.90 Å². The van der Waals surface area contributed by atoms with Gasteiger partial charge in [-0.1, -0.05) is 19.3 Å². The molecule has 0 radical (unpaired) electrons. The lowest BCUT2D eigenvalue weighted by Crippen LogP contribution is -2.54. The Morgan fingerprint density at radius 1 is 1.05 bits per heavy atom. The first-order valence-corrected chi connectivity index (χ1v) is 8.68. The van der Waals surface area contributed by atoms with Gasteiger partial charge in [0, 0.05) is 25.6 Å². The van der Waals surface area contributed by atoms with E-state index in [0.717, 1.165) is 37.1 Å². The molecule has 4 rings (SSSR count). The Hall–Kier alpha value is -0.0800. The molecular weight excluding hydrogens is 234 g/mol. The smallest absolute Gasteiger partial charge is 0.0700 e. The number of rotatable bonds is 2. The van der Waals surface area contributed by atoms with Gasteiger partial charge in [0.1, 0.15) is 0 Å². The zero-order valence-corrected chi connectivity index (χ0v) is 12.2. The van der Waals surface area contributed by atoms with Crippen LogP contribution in [0.4, 0.5) is 0 Å². The summed E-state index contributed by atoms with van der Waals surface area (Å²) < 4.78 is 0. The van der Waals surface area contributed by atoms with Crippen LogP contribution in [-0.4, -0.2) is 35.2 Å². The van der Waals surface area contributed by atoms with Crippen LogP contribution in [0.25, 0.3) is 0 Å². The van der Waals surface area contributed by atoms with Crippen LogP contribution in [0, 0.1) is 23.7 Å². The van der Waals surface area contributed by atoms with Gasteiger partial charge < -0.3 is 10.0 Å². The SMILES string of the molecule is OC12CCCCC1CN(CC1CC3CCC1C3)CC2. The van der Waals surface area contributed by atoms with Gasteiger partial charge in [-0.15, -0.1) is 0 Å². The number of fused-ring (bicyclic) bond motifs is 3. The largest absolute Gasteiger partial charge is 0.390 e. The van der Waals surface area contributed by atoms with E-state index < -0.39 is 0 Å². The van der Waals surface area contributed by atoms with Crippen molar-refractivity contribution in [3.05, 3.63) is 0 Å². The highest BCUT2D eigenvalue weighted by molar-refractivity contribution is 4.97. The summed E-state index contributed by atoms with van der Waals surface area (Å²) in [5.41, 5.74) is -0.288. The first-order chi connectivity index (χ1) is 9.23. The third kappa shape index (κ3) is 2.25. The van der Waals surface area contributed by atoms with Crippen LogP contribution in [0.3, 0.4) is 0 Å². The highest BCUT2D eigenvalue weighted by Gasteiger charge is 2.45. The van der Waals surface area contributed by atoms with Crippen molar-refractivity contribution in [2.75, 3.05) is 19.6 Å². The van der Waals surface area contributed by atoms with Crippen LogP contribution < -0.4 is 0 Å². The fourth-order valence-corrected chi connectivity index (χ4v) is 5.74. The van der Waals surface area contributed by atoms with Gasteiger partial charge in [-0.2, -0.15) is 0 Å². The maximum absolute atomic E-state index is 10.7. The molecule has 0 aromatic heterocycles. The molecule has 5 atom stereocenters. The fraction of sp³-hybridized carbons (Fsp3) is 1.00. The van der Waals surface area contributed by atoms with Crippen molar-refractivity contribution >= 4 is 0 Å². The Morgan fingerprint density at radius 2 is 2.00 bits per heavy atom. The third-order valence-electron chi connectivity index (χ3n) is 6.89. The van der Waals surface area contributed by atoms with E-state index in [-0.39, 0.29) is 5.60 Å². The highest BCUT2D eigenvalue weighted by atomic mass is 16.3. The number of likely N-dealkylation sites (tertiary alicyclic amines) is 1. The fourth-order valence-electron chi connectivity index (χ4n) is 5.74. The van der Waals surface area contributed by atoms with Crippen molar-refractivity contribution < 1.29 is 5.11 Å². The Kier molecular flexibility index (Phi) is 3.15. The molecule has 2 nitrogen and oxygen atoms in total. The molecule has 5 unspecified atom stereocenters. The van der Waals surface area contributed by atoms with Gasteiger partial charge in [-0.25, -0.2) is 0 Å². The van der Waals surface area contributed by atoms with Gasteiger partial charge in [0.25, 0.3) is 0 Å². The second kappa shape index (κ2) is 4.73. The molecule has 0 amide bonds. The van der Waals surface area contributed by atoms with E-state index in [2.05, 4.69) is 4.90 Å². The quantitative estimate of drug-likeness (QED) is 0.827. The monoisotopic (exact) mass is 263 g/mol. The molecule has 0 spiro atoms. The van der Waals surface area contributed by atoms with E-state index in [4.69, 9.17) is 0 Å². The van der Waals surface area contributed by atoms with Gasteiger partial charge in [0.2, 0.25) is 0 Å². The van der Waals surface area contributed by atoms with Crippen LogP contribution >= 0.6 is 0 Å². The maximum atomic E-state index is 10.7. The maximum Gasteiger partial charge on any atom is 0.0700 e. The number of hydrogen-bond donors (Lipinski definition) is 1. The number of piperidine rings is 1. The van der Waals surface area contributed by atoms with Crippen molar-refractivity contribution in [2.45, 2.75) is 63.4 Å². The molecule has 3 aliphatic carbocycles. The van der Waals surface area contributed by atoms with Crippen molar-refractivity contribution in [3.8, 4) is 0 Å².